The second-order valence-electron chi connectivity index (χ2n) is 4.70. The van der Waals surface area contributed by atoms with Crippen LogP contribution in [-0.4, -0.2) is 16.1 Å². The molecule has 2 N–H and O–H groups in total. The maximum absolute atomic E-state index is 11.8. The number of aliphatic carboxylic acids is 1. The van der Waals surface area contributed by atoms with E-state index in [0.29, 0.717) is 0 Å². The molecule has 94 valence electrons. The molecule has 0 saturated carbocycles. The molecule has 4 heteroatoms. The first-order valence-electron chi connectivity index (χ1n) is 5.85. The third-order valence-electron chi connectivity index (χ3n) is 2.91. The summed E-state index contributed by atoms with van der Waals surface area (Å²) in [7, 11) is 0. The molecule has 2 aromatic rings. The highest BCUT2D eigenvalue weighted by molar-refractivity contribution is 5.81. The van der Waals surface area contributed by atoms with E-state index in [0.717, 1.165) is 22.0 Å². The number of carboxylic acid groups (broad SMARTS) is 1. The number of aromatic amines is 1. The Morgan fingerprint density at radius 2 is 2.06 bits per heavy atom. The topological polar surface area (TPSA) is 70.2 Å². The molecule has 0 aliphatic heterocycles. The highest BCUT2D eigenvalue weighted by Crippen LogP contribution is 2.18. The van der Waals surface area contributed by atoms with Crippen LogP contribution >= 0.6 is 0 Å². The normalized spacial score (nSPS) is 11.1. The first-order valence-corrected chi connectivity index (χ1v) is 5.85. The van der Waals surface area contributed by atoms with Crippen LogP contribution in [0.2, 0.25) is 0 Å². The van der Waals surface area contributed by atoms with E-state index in [4.69, 9.17) is 5.11 Å². The van der Waals surface area contributed by atoms with Crippen molar-refractivity contribution < 1.29 is 9.90 Å². The Kier molecular flexibility index (Phi) is 3.19. The number of carbonyl (C=O) groups is 1. The molecule has 0 spiro atoms. The smallest absolute Gasteiger partial charge is 0.307 e. The minimum atomic E-state index is -0.858. The number of carboxylic acids is 1. The van der Waals surface area contributed by atoms with E-state index in [2.05, 4.69) is 4.98 Å². The fraction of sp³-hybridized carbons (Fsp3) is 0.286. The van der Waals surface area contributed by atoms with E-state index in [-0.39, 0.29) is 17.9 Å². The summed E-state index contributed by atoms with van der Waals surface area (Å²) in [6, 6.07) is 7.12. The lowest BCUT2D eigenvalue weighted by Crippen LogP contribution is -2.13. The zero-order valence-electron chi connectivity index (χ0n) is 10.4. The summed E-state index contributed by atoms with van der Waals surface area (Å²) >= 11 is 0. The molecule has 1 heterocycles. The Balaban J connectivity index is 2.58. The lowest BCUT2D eigenvalue weighted by Gasteiger charge is -2.07. The summed E-state index contributed by atoms with van der Waals surface area (Å²) < 4.78 is 0. The van der Waals surface area contributed by atoms with Crippen LogP contribution in [0.15, 0.2) is 29.1 Å². The van der Waals surface area contributed by atoms with Crippen molar-refractivity contribution in [3.63, 3.8) is 0 Å². The van der Waals surface area contributed by atoms with Gasteiger partial charge < -0.3 is 10.1 Å². The minimum absolute atomic E-state index is 0.00786. The molecule has 0 atom stereocenters. The van der Waals surface area contributed by atoms with Gasteiger partial charge in [-0.05, 0) is 35.1 Å². The van der Waals surface area contributed by atoms with Crippen molar-refractivity contribution in [2.45, 2.75) is 26.2 Å². The van der Waals surface area contributed by atoms with Gasteiger partial charge in [-0.3, -0.25) is 9.59 Å². The first-order chi connectivity index (χ1) is 8.47. The van der Waals surface area contributed by atoms with Gasteiger partial charge >= 0.3 is 5.97 Å². The molecule has 2 rings (SSSR count). The predicted molar refractivity (Wildman–Crippen MR) is 70.0 cm³/mol. The molecule has 1 aromatic carbocycles. The van der Waals surface area contributed by atoms with Gasteiger partial charge in [0.25, 0.3) is 5.56 Å². The van der Waals surface area contributed by atoms with Crippen LogP contribution in [0.3, 0.4) is 0 Å². The number of benzene rings is 1. The van der Waals surface area contributed by atoms with E-state index < -0.39 is 5.97 Å². The maximum atomic E-state index is 11.8. The van der Waals surface area contributed by atoms with Gasteiger partial charge in [0.2, 0.25) is 0 Å². The van der Waals surface area contributed by atoms with Gasteiger partial charge in [-0.1, -0.05) is 19.9 Å². The third kappa shape index (κ3) is 2.42. The van der Waals surface area contributed by atoms with Crippen LogP contribution in [0, 0.1) is 0 Å². The van der Waals surface area contributed by atoms with Crippen LogP contribution in [0.25, 0.3) is 10.9 Å². The van der Waals surface area contributed by atoms with Crippen LogP contribution in [0.5, 0.6) is 0 Å². The van der Waals surface area contributed by atoms with Crippen molar-refractivity contribution in [2.24, 2.45) is 0 Å². The zero-order valence-corrected chi connectivity index (χ0v) is 10.4. The largest absolute Gasteiger partial charge is 0.481 e. The average molecular weight is 245 g/mol. The second kappa shape index (κ2) is 4.64. The van der Waals surface area contributed by atoms with Crippen molar-refractivity contribution in [1.29, 1.82) is 0 Å². The molecule has 0 saturated heterocycles. The summed E-state index contributed by atoms with van der Waals surface area (Å²) in [4.78, 5) is 25.3. The standard InChI is InChI=1S/C14H15NO3/c1-8(2)11-7-10-5-9(6-13(16)17)3-4-12(10)15-14(11)18/h3-5,7-8H,6H2,1-2H3,(H,15,18)(H,16,17). The summed E-state index contributed by atoms with van der Waals surface area (Å²) in [6.07, 6.45) is -0.00786. The van der Waals surface area contributed by atoms with Gasteiger partial charge in [-0.2, -0.15) is 0 Å². The predicted octanol–water partition coefficient (Wildman–Crippen LogP) is 2.28. The van der Waals surface area contributed by atoms with Gasteiger partial charge in [0.05, 0.1) is 6.42 Å². The molecule has 0 bridgehead atoms. The first kappa shape index (κ1) is 12.4. The maximum Gasteiger partial charge on any atom is 0.307 e. The Labute approximate surface area is 104 Å². The van der Waals surface area contributed by atoms with Crippen molar-refractivity contribution in [1.82, 2.24) is 4.98 Å². The number of fused-ring (bicyclic) bond motifs is 1. The number of aromatic nitrogens is 1. The molecule has 0 unspecified atom stereocenters. The molecule has 0 aliphatic rings. The quantitative estimate of drug-likeness (QED) is 0.871. The van der Waals surface area contributed by atoms with Crippen molar-refractivity contribution in [2.75, 3.05) is 0 Å². The third-order valence-corrected chi connectivity index (χ3v) is 2.91. The van der Waals surface area contributed by atoms with Crippen molar-refractivity contribution in [3.8, 4) is 0 Å². The fourth-order valence-corrected chi connectivity index (χ4v) is 1.99. The molecular formula is C14H15NO3. The summed E-state index contributed by atoms with van der Waals surface area (Å²) in [5.74, 6) is -0.718. The van der Waals surface area contributed by atoms with Gasteiger partial charge in [-0.25, -0.2) is 0 Å². The molecule has 0 fully saturated rings. The molecule has 1 aromatic heterocycles. The lowest BCUT2D eigenvalue weighted by atomic mass is 10.0. The Morgan fingerprint density at radius 1 is 1.33 bits per heavy atom. The van der Waals surface area contributed by atoms with Crippen molar-refractivity contribution >= 4 is 16.9 Å². The van der Waals surface area contributed by atoms with Gasteiger partial charge in [0.15, 0.2) is 0 Å². The minimum Gasteiger partial charge on any atom is -0.481 e. The zero-order chi connectivity index (χ0) is 13.3. The van der Waals surface area contributed by atoms with Crippen LogP contribution in [0.1, 0.15) is 30.9 Å². The number of hydrogen-bond acceptors (Lipinski definition) is 2. The Bertz CT molecular complexity index is 656. The molecule has 0 amide bonds. The highest BCUT2D eigenvalue weighted by atomic mass is 16.4. The van der Waals surface area contributed by atoms with Crippen LogP contribution in [0.4, 0.5) is 0 Å². The summed E-state index contributed by atoms with van der Waals surface area (Å²) in [5, 5.41) is 9.64. The van der Waals surface area contributed by atoms with Gasteiger partial charge in [-0.15, -0.1) is 0 Å². The van der Waals surface area contributed by atoms with Gasteiger partial charge in [0, 0.05) is 11.1 Å². The van der Waals surface area contributed by atoms with Crippen LogP contribution in [-0.2, 0) is 11.2 Å². The average Bonchev–Trinajstić information content (AvgIpc) is 2.27. The monoisotopic (exact) mass is 245 g/mol. The summed E-state index contributed by atoms with van der Waals surface area (Å²) in [5.41, 5.74) is 2.11. The van der Waals surface area contributed by atoms with Gasteiger partial charge in [0.1, 0.15) is 0 Å². The molecule has 0 aliphatic carbocycles. The SMILES string of the molecule is CC(C)c1cc2cc(CC(=O)O)ccc2[nH]c1=O. The number of pyridine rings is 1. The molecular weight excluding hydrogens is 230 g/mol. The number of nitrogens with one attached hydrogen (secondary N) is 1. The summed E-state index contributed by atoms with van der Waals surface area (Å²) in [6.45, 7) is 3.91. The molecule has 18 heavy (non-hydrogen) atoms. The van der Waals surface area contributed by atoms with E-state index >= 15 is 0 Å². The van der Waals surface area contributed by atoms with Crippen LogP contribution < -0.4 is 5.56 Å². The Morgan fingerprint density at radius 3 is 2.67 bits per heavy atom. The highest BCUT2D eigenvalue weighted by Gasteiger charge is 2.08. The van der Waals surface area contributed by atoms with E-state index in [9.17, 15) is 9.59 Å². The second-order valence-corrected chi connectivity index (χ2v) is 4.70. The molecule has 0 radical (unpaired) electrons. The number of rotatable bonds is 3. The van der Waals surface area contributed by atoms with Crippen molar-refractivity contribution in [3.05, 3.63) is 45.7 Å². The van der Waals surface area contributed by atoms with E-state index in [1.165, 1.54) is 0 Å². The number of hydrogen-bond donors (Lipinski definition) is 2. The Hall–Kier alpha value is -2.10. The molecule has 4 nitrogen and oxygen atoms in total. The van der Waals surface area contributed by atoms with E-state index in [1.807, 2.05) is 26.0 Å². The fourth-order valence-electron chi connectivity index (χ4n) is 1.99. The number of H-pyrrole nitrogens is 1. The lowest BCUT2D eigenvalue weighted by molar-refractivity contribution is -0.136. The van der Waals surface area contributed by atoms with E-state index in [1.54, 1.807) is 12.1 Å².